The first kappa shape index (κ1) is 20.3. The van der Waals surface area contributed by atoms with E-state index in [0.29, 0.717) is 22.3 Å². The average Bonchev–Trinajstić information content (AvgIpc) is 2.68. The minimum atomic E-state index is -0.276. The zero-order valence-electron chi connectivity index (χ0n) is 16.4. The van der Waals surface area contributed by atoms with Crippen LogP contribution in [0, 0.1) is 18.3 Å². The van der Waals surface area contributed by atoms with Gasteiger partial charge in [-0.25, -0.2) is 4.98 Å². The fourth-order valence-electron chi connectivity index (χ4n) is 3.33. The summed E-state index contributed by atoms with van der Waals surface area (Å²) in [5.74, 6) is -0.276. The number of nitriles is 1. The third kappa shape index (κ3) is 4.68. The van der Waals surface area contributed by atoms with E-state index in [2.05, 4.69) is 34.1 Å². The number of halogens is 1. The summed E-state index contributed by atoms with van der Waals surface area (Å²) in [6.45, 7) is 8.07. The summed E-state index contributed by atoms with van der Waals surface area (Å²) < 4.78 is 0. The lowest BCUT2D eigenvalue weighted by Gasteiger charge is -2.38. The van der Waals surface area contributed by atoms with Crippen LogP contribution in [0.25, 0.3) is 0 Å². The number of piperazine rings is 1. The molecule has 0 spiro atoms. The summed E-state index contributed by atoms with van der Waals surface area (Å²) in [6, 6.07) is 9.31. The lowest BCUT2D eigenvalue weighted by molar-refractivity contribution is 0.0998. The minimum absolute atomic E-state index is 0.276. The lowest BCUT2D eigenvalue weighted by atomic mass is 10.0. The number of carbonyl (C=O) groups is 1. The van der Waals surface area contributed by atoms with Crippen molar-refractivity contribution in [1.29, 1.82) is 5.26 Å². The Balaban J connectivity index is 1.76. The van der Waals surface area contributed by atoms with Crippen LogP contribution in [0.3, 0.4) is 0 Å². The highest BCUT2D eigenvalue weighted by Crippen LogP contribution is 2.27. The number of nitrogens with one attached hydrogen (secondary N) is 1. The van der Waals surface area contributed by atoms with Crippen LogP contribution in [0.2, 0.25) is 5.02 Å². The van der Waals surface area contributed by atoms with Gasteiger partial charge in [0.2, 0.25) is 0 Å². The number of aromatic nitrogens is 1. The molecule has 0 bridgehead atoms. The lowest BCUT2D eigenvalue weighted by Crippen LogP contribution is -2.49. The van der Waals surface area contributed by atoms with Crippen molar-refractivity contribution in [2.24, 2.45) is 0 Å². The summed E-state index contributed by atoms with van der Waals surface area (Å²) >= 11 is 6.33. The summed E-state index contributed by atoms with van der Waals surface area (Å²) in [4.78, 5) is 21.3. The van der Waals surface area contributed by atoms with Gasteiger partial charge in [-0.05, 0) is 56.3 Å². The van der Waals surface area contributed by atoms with E-state index >= 15 is 0 Å². The normalized spacial score (nSPS) is 17.9. The van der Waals surface area contributed by atoms with Crippen molar-refractivity contribution in [3.8, 4) is 6.07 Å². The second-order valence-electron chi connectivity index (χ2n) is 7.30. The number of pyridine rings is 1. The molecule has 7 heteroatoms. The van der Waals surface area contributed by atoms with E-state index < -0.39 is 0 Å². The highest BCUT2D eigenvalue weighted by molar-refractivity contribution is 6.31. The van der Waals surface area contributed by atoms with Crippen molar-refractivity contribution in [2.45, 2.75) is 26.4 Å². The molecule has 1 N–H and O–H groups in total. The number of hydrogen-bond donors (Lipinski definition) is 1. The van der Waals surface area contributed by atoms with Crippen molar-refractivity contribution in [2.75, 3.05) is 32.0 Å². The van der Waals surface area contributed by atoms with E-state index in [0.717, 1.165) is 37.3 Å². The van der Waals surface area contributed by atoms with E-state index in [4.69, 9.17) is 16.9 Å². The van der Waals surface area contributed by atoms with Crippen molar-refractivity contribution in [1.82, 2.24) is 14.8 Å². The Morgan fingerprint density at radius 2 is 2.18 bits per heavy atom. The Kier molecular flexibility index (Phi) is 6.30. The molecule has 1 aliphatic heterocycles. The molecule has 1 aromatic carbocycles. The molecule has 6 nitrogen and oxygen atoms in total. The predicted molar refractivity (Wildman–Crippen MR) is 110 cm³/mol. The molecule has 1 atom stereocenters. The van der Waals surface area contributed by atoms with Crippen LogP contribution in [0.15, 0.2) is 30.5 Å². The van der Waals surface area contributed by atoms with Crippen LogP contribution in [0.4, 0.5) is 5.69 Å². The standard InChI is InChI=1S/C21H24ClN5O/c1-14-12-27(7-6-26(14)3)13-17-8-18(22)9-20(15(17)2)25-21(28)16-4-5-19(10-23)24-11-16/h4-5,8-9,11,14H,6-7,12-13H2,1-3H3,(H,25,28)/t14-/m0/s1. The summed E-state index contributed by atoms with van der Waals surface area (Å²) in [6.07, 6.45) is 1.40. The van der Waals surface area contributed by atoms with Crippen LogP contribution in [-0.4, -0.2) is 53.4 Å². The molecule has 28 heavy (non-hydrogen) atoms. The third-order valence-corrected chi connectivity index (χ3v) is 5.52. The maximum atomic E-state index is 12.6. The third-order valence-electron chi connectivity index (χ3n) is 5.31. The summed E-state index contributed by atoms with van der Waals surface area (Å²) in [7, 11) is 2.15. The van der Waals surface area contributed by atoms with Gasteiger partial charge in [0.05, 0.1) is 5.56 Å². The van der Waals surface area contributed by atoms with Crippen molar-refractivity contribution in [3.05, 3.63) is 57.9 Å². The Labute approximate surface area is 170 Å². The number of benzene rings is 1. The molecule has 146 valence electrons. The van der Waals surface area contributed by atoms with E-state index in [-0.39, 0.29) is 11.6 Å². The first-order valence-electron chi connectivity index (χ1n) is 9.26. The van der Waals surface area contributed by atoms with Gasteiger partial charge < -0.3 is 10.2 Å². The molecule has 0 saturated carbocycles. The molecule has 3 rings (SSSR count). The van der Waals surface area contributed by atoms with Crippen LogP contribution < -0.4 is 5.32 Å². The van der Waals surface area contributed by atoms with E-state index in [1.165, 1.54) is 12.3 Å². The van der Waals surface area contributed by atoms with E-state index in [9.17, 15) is 4.79 Å². The number of hydrogen-bond acceptors (Lipinski definition) is 5. The number of rotatable bonds is 4. The Hall–Kier alpha value is -2.46. The van der Waals surface area contributed by atoms with Gasteiger partial charge in [0.15, 0.2) is 0 Å². The number of amides is 1. The second-order valence-corrected chi connectivity index (χ2v) is 7.74. The predicted octanol–water partition coefficient (Wildman–Crippen LogP) is 3.30. The molecule has 1 aromatic heterocycles. The van der Waals surface area contributed by atoms with Gasteiger partial charge in [-0.15, -0.1) is 0 Å². The zero-order valence-corrected chi connectivity index (χ0v) is 17.1. The maximum Gasteiger partial charge on any atom is 0.257 e. The topological polar surface area (TPSA) is 72.3 Å². The molecule has 2 aromatic rings. The Bertz CT molecular complexity index is 906. The number of anilines is 1. The smallest absolute Gasteiger partial charge is 0.257 e. The monoisotopic (exact) mass is 397 g/mol. The highest BCUT2D eigenvalue weighted by atomic mass is 35.5. The molecule has 1 amide bonds. The fraction of sp³-hybridized carbons (Fsp3) is 0.381. The molecule has 0 aliphatic carbocycles. The van der Waals surface area contributed by atoms with Crippen LogP contribution in [-0.2, 0) is 6.54 Å². The maximum absolute atomic E-state index is 12.6. The first-order chi connectivity index (χ1) is 13.4. The largest absolute Gasteiger partial charge is 0.322 e. The van der Waals surface area contributed by atoms with Gasteiger partial charge in [-0.3, -0.25) is 9.69 Å². The summed E-state index contributed by atoms with van der Waals surface area (Å²) in [5, 5.41) is 12.3. The number of likely N-dealkylation sites (N-methyl/N-ethyl adjacent to an activating group) is 1. The molecular formula is C21H24ClN5O. The molecule has 1 fully saturated rings. The number of nitrogens with zero attached hydrogens (tertiary/aromatic N) is 4. The second kappa shape index (κ2) is 8.70. The van der Waals surface area contributed by atoms with Crippen LogP contribution >= 0.6 is 11.6 Å². The quantitative estimate of drug-likeness (QED) is 0.856. The van der Waals surface area contributed by atoms with E-state index in [1.807, 2.05) is 19.1 Å². The molecule has 1 saturated heterocycles. The van der Waals surface area contributed by atoms with Crippen LogP contribution in [0.1, 0.15) is 34.1 Å². The highest BCUT2D eigenvalue weighted by Gasteiger charge is 2.21. The zero-order chi connectivity index (χ0) is 20.3. The van der Waals surface area contributed by atoms with Crippen molar-refractivity contribution < 1.29 is 4.79 Å². The first-order valence-corrected chi connectivity index (χ1v) is 9.64. The molecular weight excluding hydrogens is 374 g/mol. The molecule has 2 heterocycles. The van der Waals surface area contributed by atoms with Crippen LogP contribution in [0.5, 0.6) is 0 Å². The molecule has 0 unspecified atom stereocenters. The number of carbonyl (C=O) groups excluding carboxylic acids is 1. The minimum Gasteiger partial charge on any atom is -0.322 e. The van der Waals surface area contributed by atoms with Crippen molar-refractivity contribution >= 4 is 23.2 Å². The van der Waals surface area contributed by atoms with Gasteiger partial charge in [0.1, 0.15) is 11.8 Å². The Morgan fingerprint density at radius 3 is 2.82 bits per heavy atom. The fourth-order valence-corrected chi connectivity index (χ4v) is 3.57. The van der Waals surface area contributed by atoms with Gasteiger partial charge in [-0.2, -0.15) is 5.26 Å². The van der Waals surface area contributed by atoms with E-state index in [1.54, 1.807) is 12.1 Å². The van der Waals surface area contributed by atoms with Gasteiger partial charge in [-0.1, -0.05) is 11.6 Å². The average molecular weight is 398 g/mol. The van der Waals surface area contributed by atoms with Gasteiger partial charge in [0.25, 0.3) is 5.91 Å². The summed E-state index contributed by atoms with van der Waals surface area (Å²) in [5.41, 5.74) is 3.48. The Morgan fingerprint density at radius 1 is 1.39 bits per heavy atom. The molecule has 0 radical (unpaired) electrons. The molecule has 1 aliphatic rings. The van der Waals surface area contributed by atoms with Gasteiger partial charge in [0, 0.05) is 49.1 Å². The van der Waals surface area contributed by atoms with Crippen molar-refractivity contribution in [3.63, 3.8) is 0 Å². The SMILES string of the molecule is Cc1c(CN2CCN(C)[C@@H](C)C2)cc(Cl)cc1NC(=O)c1ccc(C#N)nc1. The van der Waals surface area contributed by atoms with Gasteiger partial charge >= 0.3 is 0 Å².